The van der Waals surface area contributed by atoms with Gasteiger partial charge in [0.05, 0.1) is 18.2 Å². The zero-order valence-electron chi connectivity index (χ0n) is 10.4. The van der Waals surface area contributed by atoms with Gasteiger partial charge in [0, 0.05) is 6.54 Å². The first-order chi connectivity index (χ1) is 8.78. The second-order valence-electron chi connectivity index (χ2n) is 4.69. The van der Waals surface area contributed by atoms with E-state index < -0.39 is 0 Å². The van der Waals surface area contributed by atoms with Crippen molar-refractivity contribution in [3.8, 4) is 6.07 Å². The molecule has 0 spiro atoms. The fourth-order valence-electron chi connectivity index (χ4n) is 1.92. The third kappa shape index (κ3) is 3.49. The average molecular weight is 242 g/mol. The molecule has 0 atom stereocenters. The van der Waals surface area contributed by atoms with Crippen molar-refractivity contribution in [1.82, 2.24) is 5.32 Å². The van der Waals surface area contributed by atoms with E-state index in [4.69, 9.17) is 11.0 Å². The van der Waals surface area contributed by atoms with Crippen molar-refractivity contribution >= 4 is 5.96 Å². The zero-order chi connectivity index (χ0) is 12.8. The highest BCUT2D eigenvalue weighted by Gasteiger charge is 2.16. The van der Waals surface area contributed by atoms with Crippen LogP contribution in [-0.2, 0) is 6.54 Å². The van der Waals surface area contributed by atoms with Crippen molar-refractivity contribution < 1.29 is 0 Å². The summed E-state index contributed by atoms with van der Waals surface area (Å²) in [5.41, 5.74) is 7.45. The fourth-order valence-corrected chi connectivity index (χ4v) is 1.92. The van der Waals surface area contributed by atoms with Gasteiger partial charge in [-0.15, -0.1) is 0 Å². The predicted molar refractivity (Wildman–Crippen MR) is 71.8 cm³/mol. The number of rotatable bonds is 4. The molecular formula is C14H18N4. The minimum absolute atomic E-state index is 0.490. The summed E-state index contributed by atoms with van der Waals surface area (Å²) in [5, 5.41) is 11.9. The third-order valence-corrected chi connectivity index (χ3v) is 3.28. The molecule has 0 heterocycles. The molecule has 0 unspecified atom stereocenters. The van der Waals surface area contributed by atoms with E-state index in [1.54, 1.807) is 6.07 Å². The molecule has 1 aliphatic rings. The maximum Gasteiger partial charge on any atom is 0.188 e. The highest BCUT2D eigenvalue weighted by molar-refractivity contribution is 5.77. The van der Waals surface area contributed by atoms with E-state index in [1.165, 1.54) is 19.3 Å². The van der Waals surface area contributed by atoms with Gasteiger partial charge in [0.15, 0.2) is 5.96 Å². The Morgan fingerprint density at radius 2 is 2.33 bits per heavy atom. The summed E-state index contributed by atoms with van der Waals surface area (Å²) in [5.74, 6) is 1.25. The lowest BCUT2D eigenvalue weighted by atomic mass is 9.85. The second-order valence-corrected chi connectivity index (χ2v) is 4.69. The Morgan fingerprint density at radius 3 is 3.00 bits per heavy atom. The van der Waals surface area contributed by atoms with Crippen LogP contribution in [0.15, 0.2) is 29.3 Å². The molecule has 0 saturated heterocycles. The molecule has 1 aromatic carbocycles. The van der Waals surface area contributed by atoms with Crippen LogP contribution in [0.3, 0.4) is 0 Å². The van der Waals surface area contributed by atoms with E-state index >= 15 is 0 Å². The van der Waals surface area contributed by atoms with Crippen LogP contribution >= 0.6 is 0 Å². The minimum atomic E-state index is 0.490. The van der Waals surface area contributed by atoms with Gasteiger partial charge in [-0.05, 0) is 36.5 Å². The van der Waals surface area contributed by atoms with Crippen molar-refractivity contribution in [2.75, 3.05) is 6.54 Å². The van der Waals surface area contributed by atoms with Gasteiger partial charge in [-0.25, -0.2) is 4.99 Å². The largest absolute Gasteiger partial charge is 0.370 e. The van der Waals surface area contributed by atoms with E-state index in [-0.39, 0.29) is 0 Å². The molecule has 3 N–H and O–H groups in total. The molecule has 1 fully saturated rings. The topological polar surface area (TPSA) is 74.2 Å². The molecule has 1 aliphatic carbocycles. The molecule has 18 heavy (non-hydrogen) atoms. The van der Waals surface area contributed by atoms with Crippen molar-refractivity contribution in [2.24, 2.45) is 16.6 Å². The number of benzene rings is 1. The normalized spacial score (nSPS) is 15.8. The summed E-state index contributed by atoms with van der Waals surface area (Å²) in [6.07, 6.45) is 3.93. The number of hydrogen-bond donors (Lipinski definition) is 2. The van der Waals surface area contributed by atoms with Gasteiger partial charge in [0.2, 0.25) is 0 Å². The van der Waals surface area contributed by atoms with Crippen molar-refractivity contribution in [1.29, 1.82) is 5.26 Å². The Balaban J connectivity index is 1.82. The first-order valence-electron chi connectivity index (χ1n) is 6.31. The van der Waals surface area contributed by atoms with Gasteiger partial charge in [0.1, 0.15) is 0 Å². The molecule has 0 bridgehead atoms. The van der Waals surface area contributed by atoms with E-state index in [2.05, 4.69) is 16.4 Å². The van der Waals surface area contributed by atoms with E-state index in [1.807, 2.05) is 18.2 Å². The van der Waals surface area contributed by atoms with Crippen molar-refractivity contribution in [2.45, 2.75) is 25.8 Å². The lowest BCUT2D eigenvalue weighted by Gasteiger charge is -2.25. The number of nitrogens with zero attached hydrogens (tertiary/aromatic N) is 2. The van der Waals surface area contributed by atoms with Gasteiger partial charge < -0.3 is 11.1 Å². The Kier molecular flexibility index (Phi) is 4.19. The Labute approximate surface area is 108 Å². The van der Waals surface area contributed by atoms with Crippen LogP contribution in [0.4, 0.5) is 0 Å². The van der Waals surface area contributed by atoms with Gasteiger partial charge in [0.25, 0.3) is 0 Å². The molecule has 94 valence electrons. The van der Waals surface area contributed by atoms with E-state index in [9.17, 15) is 0 Å². The highest BCUT2D eigenvalue weighted by atomic mass is 15.1. The van der Waals surface area contributed by atoms with E-state index in [0.717, 1.165) is 18.0 Å². The SMILES string of the molecule is N#Cc1cccc(CN=C(N)NCC2CCC2)c1. The molecule has 2 rings (SSSR count). The minimum Gasteiger partial charge on any atom is -0.370 e. The number of aliphatic imine (C=N–C) groups is 1. The lowest BCUT2D eigenvalue weighted by Crippen LogP contribution is -2.37. The Bertz CT molecular complexity index is 469. The molecule has 0 amide bonds. The van der Waals surface area contributed by atoms with Crippen LogP contribution in [0, 0.1) is 17.2 Å². The average Bonchev–Trinajstić information content (AvgIpc) is 2.35. The maximum atomic E-state index is 8.80. The molecule has 1 aromatic rings. The number of hydrogen-bond acceptors (Lipinski definition) is 2. The first kappa shape index (κ1) is 12.4. The van der Waals surface area contributed by atoms with Crippen LogP contribution in [0.25, 0.3) is 0 Å². The van der Waals surface area contributed by atoms with E-state index in [0.29, 0.717) is 18.1 Å². The van der Waals surface area contributed by atoms with Crippen LogP contribution in [0.5, 0.6) is 0 Å². The van der Waals surface area contributed by atoms with Gasteiger partial charge in [-0.3, -0.25) is 0 Å². The molecule has 4 heteroatoms. The van der Waals surface area contributed by atoms with Crippen LogP contribution in [0.2, 0.25) is 0 Å². The molecule has 0 aliphatic heterocycles. The Hall–Kier alpha value is -2.02. The smallest absolute Gasteiger partial charge is 0.188 e. The summed E-state index contributed by atoms with van der Waals surface area (Å²) in [6, 6.07) is 9.54. The number of guanidine groups is 1. The summed E-state index contributed by atoms with van der Waals surface area (Å²) in [7, 11) is 0. The molecule has 0 aromatic heterocycles. The monoisotopic (exact) mass is 242 g/mol. The summed E-state index contributed by atoms with van der Waals surface area (Å²) in [6.45, 7) is 1.44. The molecule has 0 radical (unpaired) electrons. The number of nitrogens with one attached hydrogen (secondary N) is 1. The summed E-state index contributed by atoms with van der Waals surface area (Å²) in [4.78, 5) is 4.27. The standard InChI is InChI=1S/C14H18N4/c15-8-12-5-2-6-13(7-12)10-18-14(16)17-9-11-3-1-4-11/h2,5-7,11H,1,3-4,9-10H2,(H3,16,17,18). The van der Waals surface area contributed by atoms with Crippen molar-refractivity contribution in [3.63, 3.8) is 0 Å². The Morgan fingerprint density at radius 1 is 1.50 bits per heavy atom. The maximum absolute atomic E-state index is 8.80. The zero-order valence-corrected chi connectivity index (χ0v) is 10.4. The number of nitrogens with two attached hydrogens (primary N) is 1. The van der Waals surface area contributed by atoms with Gasteiger partial charge >= 0.3 is 0 Å². The quantitative estimate of drug-likeness (QED) is 0.624. The van der Waals surface area contributed by atoms with Crippen LogP contribution in [-0.4, -0.2) is 12.5 Å². The summed E-state index contributed by atoms with van der Waals surface area (Å²) < 4.78 is 0. The van der Waals surface area contributed by atoms with Gasteiger partial charge in [-0.1, -0.05) is 18.6 Å². The second kappa shape index (κ2) is 6.06. The molecule has 4 nitrogen and oxygen atoms in total. The lowest BCUT2D eigenvalue weighted by molar-refractivity contribution is 0.315. The van der Waals surface area contributed by atoms with Crippen LogP contribution < -0.4 is 11.1 Å². The van der Waals surface area contributed by atoms with Crippen molar-refractivity contribution in [3.05, 3.63) is 35.4 Å². The first-order valence-corrected chi connectivity index (χ1v) is 6.31. The molecule has 1 saturated carbocycles. The summed E-state index contributed by atoms with van der Waals surface area (Å²) >= 11 is 0. The fraction of sp³-hybridized carbons (Fsp3) is 0.429. The van der Waals surface area contributed by atoms with Gasteiger partial charge in [-0.2, -0.15) is 5.26 Å². The molecular weight excluding hydrogens is 224 g/mol. The third-order valence-electron chi connectivity index (χ3n) is 3.28. The predicted octanol–water partition coefficient (Wildman–Crippen LogP) is 1.76. The van der Waals surface area contributed by atoms with Crippen LogP contribution in [0.1, 0.15) is 30.4 Å². The highest BCUT2D eigenvalue weighted by Crippen LogP contribution is 2.24. The number of nitriles is 1.